The minimum absolute atomic E-state index is 0.0459. The van der Waals surface area contributed by atoms with E-state index in [1.54, 1.807) is 0 Å². The lowest BCUT2D eigenvalue weighted by atomic mass is 10.1. The van der Waals surface area contributed by atoms with Crippen LogP contribution in [0.1, 0.15) is 194 Å². The van der Waals surface area contributed by atoms with Gasteiger partial charge < -0.3 is 20.1 Å². The highest BCUT2D eigenvalue weighted by atomic mass is 31.2. The van der Waals surface area contributed by atoms with Gasteiger partial charge in [0.05, 0.1) is 13.2 Å². The average molecular weight is 978 g/mol. The molecule has 0 bridgehead atoms. The molecule has 0 radical (unpaired) electrons. The molecule has 0 rings (SSSR count). The van der Waals surface area contributed by atoms with Crippen molar-refractivity contribution >= 4 is 19.8 Å². The lowest BCUT2D eigenvalue weighted by Gasteiger charge is -2.19. The second-order valence-electron chi connectivity index (χ2n) is 17.0. The quantitative estimate of drug-likeness (QED) is 0.0264. The summed E-state index contributed by atoms with van der Waals surface area (Å²) in [5.74, 6) is -0.858. The van der Waals surface area contributed by atoms with E-state index in [0.29, 0.717) is 6.42 Å². The molecule has 0 saturated carbocycles. The van der Waals surface area contributed by atoms with Gasteiger partial charge in [0.15, 0.2) is 6.10 Å². The van der Waals surface area contributed by atoms with Crippen LogP contribution in [0.3, 0.4) is 0 Å². The maximum Gasteiger partial charge on any atom is 0.472 e. The van der Waals surface area contributed by atoms with Gasteiger partial charge in [-0.05, 0) is 96.3 Å². The Kier molecular flexibility index (Phi) is 50.5. The molecule has 0 amide bonds. The molecule has 0 aliphatic rings. The summed E-state index contributed by atoms with van der Waals surface area (Å²) in [6.45, 7) is 3.53. The Labute approximate surface area is 421 Å². The first-order chi connectivity index (χ1) is 33.8. The summed E-state index contributed by atoms with van der Waals surface area (Å²) in [5.41, 5.74) is 5.34. The predicted molar refractivity (Wildman–Crippen MR) is 293 cm³/mol. The molecule has 0 spiro atoms. The number of hydrogen-bond acceptors (Lipinski definition) is 8. The lowest BCUT2D eigenvalue weighted by molar-refractivity contribution is -0.161. The van der Waals surface area contributed by atoms with E-state index in [1.807, 2.05) is 0 Å². The number of unbranched alkanes of at least 4 members (excludes halogenated alkanes) is 13. The van der Waals surface area contributed by atoms with E-state index in [0.717, 1.165) is 122 Å². The standard InChI is InChI=1S/C59H96NO8P/c1-3-5-7-9-11-12-13-14-15-16-17-18-19-20-21-22-23-24-25-26-27-28-29-30-31-32-33-34-35-36-37-38-39-40-41-42-43-44-46-48-50-52-59(62)68-57(56-67-69(63,64)66-54-53-60)55-65-58(61)51-49-47-45-10-8-6-4-2/h5,7,11-12,14-15,17-18,20-21,23-24,26-27,29-30,32-33,35-36,38-39,57H,3-4,6,8-10,13,16,19,22,25,28,31,34,37,40-56,60H2,1-2H3,(H,63,64)/b7-5-,12-11-,15-14-,18-17-,21-20-,24-23-,27-26-,30-29-,33-32-,36-35-,39-38-. The van der Waals surface area contributed by atoms with Crippen LogP contribution in [0.5, 0.6) is 0 Å². The minimum Gasteiger partial charge on any atom is -0.462 e. The predicted octanol–water partition coefficient (Wildman–Crippen LogP) is 16.6. The van der Waals surface area contributed by atoms with Gasteiger partial charge in [0.2, 0.25) is 0 Å². The fourth-order valence-corrected chi connectivity index (χ4v) is 7.40. The summed E-state index contributed by atoms with van der Waals surface area (Å²) in [6, 6.07) is 0. The molecule has 0 aromatic heterocycles. The van der Waals surface area contributed by atoms with E-state index in [1.165, 1.54) is 38.5 Å². The van der Waals surface area contributed by atoms with Gasteiger partial charge in [-0.1, -0.05) is 218 Å². The van der Waals surface area contributed by atoms with Gasteiger partial charge in [-0.3, -0.25) is 18.6 Å². The fraction of sp³-hybridized carbons (Fsp3) is 0.593. The van der Waals surface area contributed by atoms with Gasteiger partial charge in [0, 0.05) is 19.4 Å². The van der Waals surface area contributed by atoms with Gasteiger partial charge in [-0.25, -0.2) is 4.57 Å². The maximum atomic E-state index is 12.6. The Morgan fingerprint density at radius 1 is 0.449 bits per heavy atom. The SMILES string of the molecule is CC/C=C\C/C=C\C/C=C\C/C=C\C/C=C\C/C=C\C/C=C\C/C=C\C/C=C\C/C=C\C/C=C\CCCCCCCCCC(=O)OC(COC(=O)CCCCCCCCC)COP(=O)(O)OCCN. The van der Waals surface area contributed by atoms with E-state index in [-0.39, 0.29) is 32.6 Å². The summed E-state index contributed by atoms with van der Waals surface area (Å²) >= 11 is 0. The van der Waals surface area contributed by atoms with Crippen molar-refractivity contribution in [3.63, 3.8) is 0 Å². The molecule has 10 heteroatoms. The molecule has 390 valence electrons. The van der Waals surface area contributed by atoms with Crippen molar-refractivity contribution in [3.05, 3.63) is 134 Å². The number of carbonyl (C=O) groups is 2. The first kappa shape index (κ1) is 65.1. The zero-order valence-electron chi connectivity index (χ0n) is 43.2. The first-order valence-corrected chi connectivity index (χ1v) is 28.2. The number of nitrogens with two attached hydrogens (primary N) is 1. The fourth-order valence-electron chi connectivity index (χ4n) is 6.64. The van der Waals surface area contributed by atoms with Crippen molar-refractivity contribution in [2.45, 2.75) is 200 Å². The van der Waals surface area contributed by atoms with Crippen molar-refractivity contribution < 1.29 is 37.6 Å². The molecule has 9 nitrogen and oxygen atoms in total. The molecular weight excluding hydrogens is 882 g/mol. The highest BCUT2D eigenvalue weighted by Crippen LogP contribution is 2.43. The second kappa shape index (κ2) is 53.5. The summed E-state index contributed by atoms with van der Waals surface area (Å²) in [5, 5.41) is 0. The average Bonchev–Trinajstić information content (AvgIpc) is 3.34. The van der Waals surface area contributed by atoms with E-state index < -0.39 is 32.5 Å². The maximum absolute atomic E-state index is 12.6. The molecular formula is C59H96NO8P. The highest BCUT2D eigenvalue weighted by molar-refractivity contribution is 7.47. The topological polar surface area (TPSA) is 134 Å². The van der Waals surface area contributed by atoms with E-state index in [2.05, 4.69) is 148 Å². The van der Waals surface area contributed by atoms with Crippen LogP contribution >= 0.6 is 7.82 Å². The van der Waals surface area contributed by atoms with Gasteiger partial charge in [-0.15, -0.1) is 0 Å². The molecule has 2 unspecified atom stereocenters. The Balaban J connectivity index is 3.94. The van der Waals surface area contributed by atoms with Crippen LogP contribution in [0.4, 0.5) is 0 Å². The molecule has 0 aromatic rings. The normalized spacial score (nSPS) is 14.2. The van der Waals surface area contributed by atoms with Crippen molar-refractivity contribution in [3.8, 4) is 0 Å². The van der Waals surface area contributed by atoms with Crippen molar-refractivity contribution in [2.24, 2.45) is 5.73 Å². The van der Waals surface area contributed by atoms with Crippen LogP contribution in [0, 0.1) is 0 Å². The summed E-state index contributed by atoms with van der Waals surface area (Å²) in [7, 11) is -4.38. The second-order valence-corrected chi connectivity index (χ2v) is 18.5. The van der Waals surface area contributed by atoms with Crippen LogP contribution in [-0.2, 0) is 32.7 Å². The highest BCUT2D eigenvalue weighted by Gasteiger charge is 2.26. The molecule has 0 aliphatic heterocycles. The largest absolute Gasteiger partial charge is 0.472 e. The van der Waals surface area contributed by atoms with Crippen molar-refractivity contribution in [1.29, 1.82) is 0 Å². The lowest BCUT2D eigenvalue weighted by Crippen LogP contribution is -2.29. The Morgan fingerprint density at radius 2 is 0.797 bits per heavy atom. The van der Waals surface area contributed by atoms with Crippen molar-refractivity contribution in [2.75, 3.05) is 26.4 Å². The van der Waals surface area contributed by atoms with Crippen LogP contribution in [0.25, 0.3) is 0 Å². The number of carbonyl (C=O) groups excluding carboxylic acids is 2. The number of phosphoric ester groups is 1. The number of allylic oxidation sites excluding steroid dienone is 22. The molecule has 69 heavy (non-hydrogen) atoms. The summed E-state index contributed by atoms with van der Waals surface area (Å²) in [6.07, 6.45) is 75.4. The molecule has 0 aromatic carbocycles. The Morgan fingerprint density at radius 3 is 1.19 bits per heavy atom. The number of phosphoric acid groups is 1. The van der Waals surface area contributed by atoms with Crippen LogP contribution < -0.4 is 5.73 Å². The zero-order chi connectivity index (χ0) is 50.2. The molecule has 2 atom stereocenters. The molecule has 3 N–H and O–H groups in total. The van der Waals surface area contributed by atoms with E-state index >= 15 is 0 Å². The zero-order valence-corrected chi connectivity index (χ0v) is 44.1. The van der Waals surface area contributed by atoms with E-state index in [4.69, 9.17) is 24.3 Å². The summed E-state index contributed by atoms with van der Waals surface area (Å²) in [4.78, 5) is 34.8. The van der Waals surface area contributed by atoms with Gasteiger partial charge in [0.25, 0.3) is 0 Å². The van der Waals surface area contributed by atoms with E-state index in [9.17, 15) is 19.0 Å². The number of hydrogen-bond donors (Lipinski definition) is 2. The van der Waals surface area contributed by atoms with Gasteiger partial charge >= 0.3 is 19.8 Å². The third-order valence-electron chi connectivity index (χ3n) is 10.6. The van der Waals surface area contributed by atoms with Gasteiger partial charge in [-0.2, -0.15) is 0 Å². The Hall–Kier alpha value is -3.85. The summed E-state index contributed by atoms with van der Waals surface area (Å²) < 4.78 is 32.7. The van der Waals surface area contributed by atoms with Crippen molar-refractivity contribution in [1.82, 2.24) is 0 Å². The Bertz CT molecular complexity index is 1580. The van der Waals surface area contributed by atoms with Crippen LogP contribution in [0.15, 0.2) is 134 Å². The molecule has 0 aliphatic carbocycles. The number of rotatable bonds is 48. The molecule has 0 fully saturated rings. The number of ether oxygens (including phenoxy) is 2. The minimum atomic E-state index is -4.38. The smallest absolute Gasteiger partial charge is 0.462 e. The first-order valence-electron chi connectivity index (χ1n) is 26.7. The molecule has 0 saturated heterocycles. The third kappa shape index (κ3) is 53.4. The van der Waals surface area contributed by atoms with Gasteiger partial charge in [0.1, 0.15) is 6.61 Å². The third-order valence-corrected chi connectivity index (χ3v) is 11.5. The van der Waals surface area contributed by atoms with Crippen LogP contribution in [0.2, 0.25) is 0 Å². The monoisotopic (exact) mass is 978 g/mol. The molecule has 0 heterocycles. The van der Waals surface area contributed by atoms with Crippen LogP contribution in [-0.4, -0.2) is 49.3 Å². The number of esters is 2.